The number of nitrogens with zero attached hydrogens (tertiary/aromatic N) is 6. The van der Waals surface area contributed by atoms with Gasteiger partial charge in [0, 0.05) is 61.1 Å². The molecule has 1 unspecified atom stereocenters. The van der Waals surface area contributed by atoms with Crippen molar-refractivity contribution in [2.75, 3.05) is 7.05 Å². The van der Waals surface area contributed by atoms with Gasteiger partial charge in [-0.1, -0.05) is 30.3 Å². The zero-order chi connectivity index (χ0) is 18.6. The van der Waals surface area contributed by atoms with Crippen molar-refractivity contribution in [2.24, 2.45) is 0 Å². The van der Waals surface area contributed by atoms with Crippen LogP contribution in [-0.2, 0) is 13.0 Å². The van der Waals surface area contributed by atoms with Crippen molar-refractivity contribution < 1.29 is 0 Å². The standard InChI is InChI=1S/C21H22N6/c1-16(10-19-12-22-8-9-23-19)26(2)14-17-11-24-21-20(13-25-27(21)15-17)18-6-4-3-5-7-18/h3-9,11-13,15-16H,10,14H2,1-2H3. The summed E-state index contributed by atoms with van der Waals surface area (Å²) in [5.74, 6) is 0. The van der Waals surface area contributed by atoms with Gasteiger partial charge in [-0.25, -0.2) is 9.50 Å². The quantitative estimate of drug-likeness (QED) is 0.529. The van der Waals surface area contributed by atoms with Crippen molar-refractivity contribution in [1.29, 1.82) is 0 Å². The summed E-state index contributed by atoms with van der Waals surface area (Å²) in [4.78, 5) is 15.5. The molecule has 4 aromatic rings. The molecule has 0 amide bonds. The normalized spacial score (nSPS) is 12.6. The van der Waals surface area contributed by atoms with Gasteiger partial charge in [-0.15, -0.1) is 0 Å². The first-order chi connectivity index (χ1) is 13.2. The molecule has 0 aliphatic rings. The summed E-state index contributed by atoms with van der Waals surface area (Å²) in [6.45, 7) is 2.99. The lowest BCUT2D eigenvalue weighted by Gasteiger charge is -2.24. The molecule has 0 bridgehead atoms. The monoisotopic (exact) mass is 358 g/mol. The average molecular weight is 358 g/mol. The van der Waals surface area contributed by atoms with Gasteiger partial charge < -0.3 is 0 Å². The Bertz CT molecular complexity index is 1010. The van der Waals surface area contributed by atoms with Crippen LogP contribution in [0.25, 0.3) is 16.8 Å². The Kier molecular flexibility index (Phi) is 4.89. The van der Waals surface area contributed by atoms with Gasteiger partial charge in [-0.3, -0.25) is 14.9 Å². The predicted molar refractivity (Wildman–Crippen MR) is 105 cm³/mol. The van der Waals surface area contributed by atoms with E-state index in [9.17, 15) is 0 Å². The van der Waals surface area contributed by atoms with E-state index >= 15 is 0 Å². The van der Waals surface area contributed by atoms with E-state index in [4.69, 9.17) is 0 Å². The van der Waals surface area contributed by atoms with E-state index in [2.05, 4.69) is 57.3 Å². The summed E-state index contributed by atoms with van der Waals surface area (Å²) in [5.41, 5.74) is 5.18. The van der Waals surface area contributed by atoms with Gasteiger partial charge in [0.25, 0.3) is 0 Å². The Morgan fingerprint density at radius 2 is 1.89 bits per heavy atom. The lowest BCUT2D eigenvalue weighted by atomic mass is 10.1. The summed E-state index contributed by atoms with van der Waals surface area (Å²) in [7, 11) is 2.11. The molecule has 0 aliphatic heterocycles. The minimum atomic E-state index is 0.342. The first-order valence-electron chi connectivity index (χ1n) is 9.03. The van der Waals surface area contributed by atoms with Gasteiger partial charge in [-0.05, 0) is 19.5 Å². The predicted octanol–water partition coefficient (Wildman–Crippen LogP) is 3.25. The van der Waals surface area contributed by atoms with E-state index in [1.807, 2.05) is 41.3 Å². The highest BCUT2D eigenvalue weighted by Gasteiger charge is 2.13. The van der Waals surface area contributed by atoms with Crippen molar-refractivity contribution in [3.05, 3.63) is 78.8 Å². The van der Waals surface area contributed by atoms with Crippen LogP contribution in [0.5, 0.6) is 0 Å². The summed E-state index contributed by atoms with van der Waals surface area (Å²) in [6.07, 6.45) is 12.0. The van der Waals surface area contributed by atoms with Crippen LogP contribution in [0.4, 0.5) is 0 Å². The van der Waals surface area contributed by atoms with Crippen LogP contribution in [0.15, 0.2) is 67.5 Å². The van der Waals surface area contributed by atoms with E-state index in [1.54, 1.807) is 12.4 Å². The second kappa shape index (κ2) is 7.63. The molecule has 3 aromatic heterocycles. The van der Waals surface area contributed by atoms with Crippen LogP contribution in [-0.4, -0.2) is 42.6 Å². The van der Waals surface area contributed by atoms with Crippen LogP contribution in [0.1, 0.15) is 18.2 Å². The first-order valence-corrected chi connectivity index (χ1v) is 9.03. The minimum Gasteiger partial charge on any atom is -0.299 e. The van der Waals surface area contributed by atoms with Crippen LogP contribution in [0, 0.1) is 0 Å². The molecule has 0 saturated heterocycles. The molecule has 1 atom stereocenters. The fraction of sp³-hybridized carbons (Fsp3) is 0.238. The molecule has 0 fully saturated rings. The molecule has 1 aromatic carbocycles. The van der Waals surface area contributed by atoms with Crippen LogP contribution < -0.4 is 0 Å². The number of hydrogen-bond donors (Lipinski definition) is 0. The number of aromatic nitrogens is 5. The lowest BCUT2D eigenvalue weighted by molar-refractivity contribution is 0.246. The summed E-state index contributed by atoms with van der Waals surface area (Å²) >= 11 is 0. The third kappa shape index (κ3) is 3.85. The molecule has 4 rings (SSSR count). The molecular formula is C21H22N6. The molecule has 136 valence electrons. The Morgan fingerprint density at radius 1 is 1.04 bits per heavy atom. The molecule has 0 aliphatic carbocycles. The van der Waals surface area contributed by atoms with Gasteiger partial charge >= 0.3 is 0 Å². The Labute approximate surface area is 158 Å². The molecule has 0 saturated carbocycles. The topological polar surface area (TPSA) is 59.2 Å². The van der Waals surface area contributed by atoms with Gasteiger partial charge in [0.2, 0.25) is 0 Å². The van der Waals surface area contributed by atoms with Crippen molar-refractivity contribution in [2.45, 2.75) is 25.9 Å². The van der Waals surface area contributed by atoms with E-state index < -0.39 is 0 Å². The molecule has 0 N–H and O–H groups in total. The average Bonchev–Trinajstić information content (AvgIpc) is 3.12. The SMILES string of the molecule is CC(Cc1cnccn1)N(C)Cc1cnc2c(-c3ccccc3)cnn2c1. The van der Waals surface area contributed by atoms with Gasteiger partial charge in [0.15, 0.2) is 5.65 Å². The molecule has 3 heterocycles. The van der Waals surface area contributed by atoms with E-state index in [-0.39, 0.29) is 0 Å². The highest BCUT2D eigenvalue weighted by atomic mass is 15.2. The van der Waals surface area contributed by atoms with E-state index in [0.29, 0.717) is 6.04 Å². The Hall–Kier alpha value is -3.12. The smallest absolute Gasteiger partial charge is 0.162 e. The van der Waals surface area contributed by atoms with Gasteiger partial charge in [0.05, 0.1) is 11.9 Å². The second-order valence-corrected chi connectivity index (χ2v) is 6.82. The molecule has 27 heavy (non-hydrogen) atoms. The fourth-order valence-electron chi connectivity index (χ4n) is 3.15. The summed E-state index contributed by atoms with van der Waals surface area (Å²) < 4.78 is 1.86. The largest absolute Gasteiger partial charge is 0.299 e. The molecule has 0 radical (unpaired) electrons. The first kappa shape index (κ1) is 17.3. The maximum atomic E-state index is 4.67. The Balaban J connectivity index is 1.49. The summed E-state index contributed by atoms with van der Waals surface area (Å²) in [5, 5.41) is 4.49. The maximum Gasteiger partial charge on any atom is 0.162 e. The van der Waals surface area contributed by atoms with Crippen molar-refractivity contribution in [3.8, 4) is 11.1 Å². The number of benzene rings is 1. The third-order valence-electron chi connectivity index (χ3n) is 4.80. The maximum absolute atomic E-state index is 4.67. The number of likely N-dealkylation sites (N-methyl/N-ethyl adjacent to an activating group) is 1. The second-order valence-electron chi connectivity index (χ2n) is 6.82. The molecular weight excluding hydrogens is 336 g/mol. The minimum absolute atomic E-state index is 0.342. The highest BCUT2D eigenvalue weighted by Crippen LogP contribution is 2.23. The van der Waals surface area contributed by atoms with Crippen molar-refractivity contribution >= 4 is 5.65 Å². The zero-order valence-electron chi connectivity index (χ0n) is 15.5. The van der Waals surface area contributed by atoms with Crippen LogP contribution >= 0.6 is 0 Å². The third-order valence-corrected chi connectivity index (χ3v) is 4.80. The van der Waals surface area contributed by atoms with Crippen molar-refractivity contribution in [1.82, 2.24) is 29.5 Å². The number of fused-ring (bicyclic) bond motifs is 1. The molecule has 6 nitrogen and oxygen atoms in total. The van der Waals surface area contributed by atoms with Crippen LogP contribution in [0.2, 0.25) is 0 Å². The van der Waals surface area contributed by atoms with E-state index in [0.717, 1.165) is 41.0 Å². The molecule has 6 heteroatoms. The summed E-state index contributed by atoms with van der Waals surface area (Å²) in [6, 6.07) is 10.6. The van der Waals surface area contributed by atoms with Gasteiger partial charge in [0.1, 0.15) is 0 Å². The van der Waals surface area contributed by atoms with Crippen LogP contribution in [0.3, 0.4) is 0 Å². The Morgan fingerprint density at radius 3 is 2.67 bits per heavy atom. The molecule has 0 spiro atoms. The number of hydrogen-bond acceptors (Lipinski definition) is 5. The highest BCUT2D eigenvalue weighted by molar-refractivity contribution is 5.76. The van der Waals surface area contributed by atoms with E-state index in [1.165, 1.54) is 0 Å². The lowest BCUT2D eigenvalue weighted by Crippen LogP contribution is -2.30. The number of rotatable bonds is 6. The van der Waals surface area contributed by atoms with Crippen molar-refractivity contribution in [3.63, 3.8) is 0 Å². The zero-order valence-corrected chi connectivity index (χ0v) is 15.5. The van der Waals surface area contributed by atoms with Gasteiger partial charge in [-0.2, -0.15) is 5.10 Å². The fourth-order valence-corrected chi connectivity index (χ4v) is 3.15.